The molecule has 2 amide bonds. The van der Waals surface area contributed by atoms with Crippen LogP contribution in [0.4, 0.5) is 4.79 Å². The third kappa shape index (κ3) is 3.44. The molecule has 2 fully saturated rings. The van der Waals surface area contributed by atoms with E-state index in [0.717, 1.165) is 19.3 Å². The number of urea groups is 1. The molecule has 2 unspecified atom stereocenters. The van der Waals surface area contributed by atoms with Gasteiger partial charge < -0.3 is 14.9 Å². The van der Waals surface area contributed by atoms with Crippen LogP contribution in [0, 0.1) is 11.8 Å². The van der Waals surface area contributed by atoms with Gasteiger partial charge in [0.05, 0.1) is 5.92 Å². The lowest BCUT2D eigenvalue weighted by Gasteiger charge is -2.39. The summed E-state index contributed by atoms with van der Waals surface area (Å²) < 4.78 is 0. The summed E-state index contributed by atoms with van der Waals surface area (Å²) in [6.45, 7) is 3.29. The molecule has 2 rings (SSSR count). The zero-order valence-electron chi connectivity index (χ0n) is 12.5. The van der Waals surface area contributed by atoms with Gasteiger partial charge in [0.25, 0.3) is 0 Å². The molecule has 3 atom stereocenters. The average molecular weight is 282 g/mol. The van der Waals surface area contributed by atoms with Crippen LogP contribution >= 0.6 is 0 Å². The molecule has 20 heavy (non-hydrogen) atoms. The lowest BCUT2D eigenvalue weighted by molar-refractivity contribution is -0.143. The lowest BCUT2D eigenvalue weighted by Crippen LogP contribution is -2.51. The Labute approximate surface area is 120 Å². The van der Waals surface area contributed by atoms with Crippen molar-refractivity contribution in [3.63, 3.8) is 0 Å². The Morgan fingerprint density at radius 1 is 1.20 bits per heavy atom. The Morgan fingerprint density at radius 3 is 2.60 bits per heavy atom. The number of likely N-dealkylation sites (tertiary alicyclic amines) is 1. The Hall–Kier alpha value is -1.26. The fourth-order valence-electron chi connectivity index (χ4n) is 3.49. The molecule has 0 bridgehead atoms. The minimum atomic E-state index is -0.781. The van der Waals surface area contributed by atoms with Gasteiger partial charge in [-0.3, -0.25) is 4.79 Å². The first kappa shape index (κ1) is 15.1. The number of piperidine rings is 1. The van der Waals surface area contributed by atoms with Crippen molar-refractivity contribution in [1.82, 2.24) is 9.80 Å². The van der Waals surface area contributed by atoms with Crippen molar-refractivity contribution in [2.24, 2.45) is 11.8 Å². The van der Waals surface area contributed by atoms with Crippen LogP contribution in [0.2, 0.25) is 0 Å². The predicted molar refractivity (Wildman–Crippen MR) is 76.5 cm³/mol. The lowest BCUT2D eigenvalue weighted by atomic mass is 9.86. The monoisotopic (exact) mass is 282 g/mol. The van der Waals surface area contributed by atoms with Gasteiger partial charge in [0.2, 0.25) is 0 Å². The second kappa shape index (κ2) is 6.46. The Balaban J connectivity index is 1.93. The number of carboxylic acids is 1. The highest BCUT2D eigenvalue weighted by atomic mass is 16.4. The quantitative estimate of drug-likeness (QED) is 0.846. The highest BCUT2D eigenvalue weighted by Gasteiger charge is 2.32. The van der Waals surface area contributed by atoms with Gasteiger partial charge in [0, 0.05) is 26.2 Å². The third-order valence-corrected chi connectivity index (χ3v) is 4.80. The summed E-state index contributed by atoms with van der Waals surface area (Å²) in [4.78, 5) is 27.2. The minimum Gasteiger partial charge on any atom is -0.481 e. The Bertz CT molecular complexity index is 372. The number of carbonyl (C=O) groups is 2. The third-order valence-electron chi connectivity index (χ3n) is 4.80. The highest BCUT2D eigenvalue weighted by Crippen LogP contribution is 2.28. The van der Waals surface area contributed by atoms with Gasteiger partial charge in [-0.1, -0.05) is 19.8 Å². The van der Waals surface area contributed by atoms with Crippen molar-refractivity contribution in [2.75, 3.05) is 20.1 Å². The SMILES string of the molecule is CC1CCCC(N(C)C(=O)N2CCC[C@@H](C(=O)O)C2)C1. The fourth-order valence-corrected chi connectivity index (χ4v) is 3.49. The zero-order valence-corrected chi connectivity index (χ0v) is 12.5. The average Bonchev–Trinajstić information content (AvgIpc) is 2.45. The molecule has 5 nitrogen and oxygen atoms in total. The Morgan fingerprint density at radius 2 is 1.95 bits per heavy atom. The molecule has 114 valence electrons. The second-order valence-electron chi connectivity index (χ2n) is 6.44. The molecule has 2 aliphatic rings. The topological polar surface area (TPSA) is 60.9 Å². The number of nitrogens with zero attached hydrogens (tertiary/aromatic N) is 2. The molecule has 1 N–H and O–H groups in total. The summed E-state index contributed by atoms with van der Waals surface area (Å²) in [5, 5.41) is 9.11. The van der Waals surface area contributed by atoms with E-state index < -0.39 is 11.9 Å². The van der Waals surface area contributed by atoms with E-state index in [0.29, 0.717) is 31.5 Å². The molecule has 0 aromatic heterocycles. The first-order valence-corrected chi connectivity index (χ1v) is 7.73. The van der Waals surface area contributed by atoms with Crippen LogP contribution < -0.4 is 0 Å². The van der Waals surface area contributed by atoms with E-state index >= 15 is 0 Å². The number of aliphatic carboxylic acids is 1. The van der Waals surface area contributed by atoms with E-state index in [1.165, 1.54) is 12.8 Å². The van der Waals surface area contributed by atoms with Gasteiger partial charge in [-0.05, 0) is 31.6 Å². The molecular formula is C15H26N2O3. The maximum absolute atomic E-state index is 12.5. The van der Waals surface area contributed by atoms with E-state index in [-0.39, 0.29) is 6.03 Å². The van der Waals surface area contributed by atoms with Crippen molar-refractivity contribution < 1.29 is 14.7 Å². The number of carboxylic acid groups (broad SMARTS) is 1. The molecule has 0 aromatic rings. The van der Waals surface area contributed by atoms with Crippen molar-refractivity contribution in [3.8, 4) is 0 Å². The molecule has 0 aromatic carbocycles. The maximum Gasteiger partial charge on any atom is 0.320 e. The molecule has 1 aliphatic heterocycles. The highest BCUT2D eigenvalue weighted by molar-refractivity contribution is 5.76. The van der Waals surface area contributed by atoms with Crippen LogP contribution in [0.3, 0.4) is 0 Å². The number of carbonyl (C=O) groups excluding carboxylic acids is 1. The number of hydrogen-bond donors (Lipinski definition) is 1. The van der Waals surface area contributed by atoms with Crippen molar-refractivity contribution in [3.05, 3.63) is 0 Å². The van der Waals surface area contributed by atoms with Crippen molar-refractivity contribution >= 4 is 12.0 Å². The number of rotatable bonds is 2. The molecule has 1 heterocycles. The normalized spacial score (nSPS) is 30.9. The first-order chi connectivity index (χ1) is 9.49. The molecule has 1 saturated heterocycles. The van der Waals surface area contributed by atoms with E-state index in [9.17, 15) is 9.59 Å². The van der Waals surface area contributed by atoms with E-state index in [2.05, 4.69) is 6.92 Å². The molecule has 5 heteroatoms. The molecule has 1 saturated carbocycles. The minimum absolute atomic E-state index is 0.00931. The fraction of sp³-hybridized carbons (Fsp3) is 0.867. The van der Waals surface area contributed by atoms with Crippen LogP contribution in [0.5, 0.6) is 0 Å². The van der Waals surface area contributed by atoms with Crippen LogP contribution in [0.1, 0.15) is 45.4 Å². The van der Waals surface area contributed by atoms with Gasteiger partial charge in [0.15, 0.2) is 0 Å². The molecule has 1 aliphatic carbocycles. The van der Waals surface area contributed by atoms with E-state index in [4.69, 9.17) is 5.11 Å². The number of hydrogen-bond acceptors (Lipinski definition) is 2. The van der Waals surface area contributed by atoms with Crippen LogP contribution in [0.15, 0.2) is 0 Å². The second-order valence-corrected chi connectivity index (χ2v) is 6.44. The summed E-state index contributed by atoms with van der Waals surface area (Å²) >= 11 is 0. The first-order valence-electron chi connectivity index (χ1n) is 7.73. The molecule has 0 radical (unpaired) electrons. The van der Waals surface area contributed by atoms with Crippen LogP contribution in [-0.4, -0.2) is 53.1 Å². The van der Waals surface area contributed by atoms with E-state index in [1.807, 2.05) is 11.9 Å². The van der Waals surface area contributed by atoms with Gasteiger partial charge >= 0.3 is 12.0 Å². The summed E-state index contributed by atoms with van der Waals surface area (Å²) in [5.41, 5.74) is 0. The predicted octanol–water partition coefficient (Wildman–Crippen LogP) is 2.41. The van der Waals surface area contributed by atoms with Crippen LogP contribution in [0.25, 0.3) is 0 Å². The maximum atomic E-state index is 12.5. The van der Waals surface area contributed by atoms with Gasteiger partial charge in [-0.2, -0.15) is 0 Å². The van der Waals surface area contributed by atoms with Gasteiger partial charge in [-0.25, -0.2) is 4.79 Å². The Kier molecular flexibility index (Phi) is 4.89. The standard InChI is InChI=1S/C15H26N2O3/c1-11-5-3-7-13(9-11)16(2)15(20)17-8-4-6-12(10-17)14(18)19/h11-13H,3-10H2,1-2H3,(H,18,19)/t11?,12-,13?/m1/s1. The summed E-state index contributed by atoms with van der Waals surface area (Å²) in [6.07, 6.45) is 6.05. The van der Waals surface area contributed by atoms with E-state index in [1.54, 1.807) is 4.90 Å². The van der Waals surface area contributed by atoms with Crippen molar-refractivity contribution in [1.29, 1.82) is 0 Å². The van der Waals surface area contributed by atoms with Crippen LogP contribution in [-0.2, 0) is 4.79 Å². The summed E-state index contributed by atoms with van der Waals surface area (Å²) in [6, 6.07) is 0.325. The molecule has 0 spiro atoms. The number of amides is 2. The van der Waals surface area contributed by atoms with Gasteiger partial charge in [-0.15, -0.1) is 0 Å². The largest absolute Gasteiger partial charge is 0.481 e. The summed E-state index contributed by atoms with van der Waals surface area (Å²) in [7, 11) is 1.87. The van der Waals surface area contributed by atoms with Gasteiger partial charge in [0.1, 0.15) is 0 Å². The van der Waals surface area contributed by atoms with Crippen molar-refractivity contribution in [2.45, 2.75) is 51.5 Å². The zero-order chi connectivity index (χ0) is 14.7. The molecular weight excluding hydrogens is 256 g/mol. The smallest absolute Gasteiger partial charge is 0.320 e. The summed E-state index contributed by atoms with van der Waals surface area (Å²) in [5.74, 6) is -0.500.